The second-order valence-electron chi connectivity index (χ2n) is 6.45. The molecule has 2 saturated carbocycles. The average Bonchev–Trinajstić information content (AvgIpc) is 2.67. The third-order valence-corrected chi connectivity index (χ3v) is 4.84. The van der Waals surface area contributed by atoms with Crippen molar-refractivity contribution in [2.45, 2.75) is 70.3 Å². The van der Waals surface area contributed by atoms with E-state index in [0.717, 1.165) is 19.3 Å². The smallest absolute Gasteiger partial charge is 0.310 e. The van der Waals surface area contributed by atoms with Crippen molar-refractivity contribution < 1.29 is 19.4 Å². The number of hydrogen-bond acceptors (Lipinski definition) is 3. The number of carbonyl (C=O) groups excluding carboxylic acids is 1. The van der Waals surface area contributed by atoms with Crippen molar-refractivity contribution >= 4 is 11.9 Å². The molecule has 0 bridgehead atoms. The van der Waals surface area contributed by atoms with Gasteiger partial charge in [-0.05, 0) is 25.7 Å². The molecule has 1 amide bonds. The van der Waals surface area contributed by atoms with Crippen molar-refractivity contribution in [3.05, 3.63) is 0 Å². The van der Waals surface area contributed by atoms with E-state index in [1.807, 2.05) is 0 Å². The number of carboxylic acids is 1. The van der Waals surface area contributed by atoms with Crippen molar-refractivity contribution in [2.24, 2.45) is 5.41 Å². The molecule has 0 aromatic carbocycles. The van der Waals surface area contributed by atoms with E-state index in [1.54, 1.807) is 0 Å². The van der Waals surface area contributed by atoms with Crippen molar-refractivity contribution in [2.75, 3.05) is 13.2 Å². The number of carbonyl (C=O) groups is 2. The first-order valence-electron chi connectivity index (χ1n) is 8.24. The molecular weight excluding hydrogens is 270 g/mol. The highest BCUT2D eigenvalue weighted by atomic mass is 16.5. The first-order chi connectivity index (χ1) is 10.1. The summed E-state index contributed by atoms with van der Waals surface area (Å²) in [5.74, 6) is -1.000. The van der Waals surface area contributed by atoms with Gasteiger partial charge in [0.25, 0.3) is 0 Å². The van der Waals surface area contributed by atoms with Crippen LogP contribution in [0.15, 0.2) is 0 Å². The maximum atomic E-state index is 11.8. The Bertz CT molecular complexity index is 357. The molecule has 2 aliphatic carbocycles. The summed E-state index contributed by atoms with van der Waals surface area (Å²) >= 11 is 0. The molecule has 5 nitrogen and oxygen atoms in total. The molecular formula is C16H27NO4. The van der Waals surface area contributed by atoms with Gasteiger partial charge in [0.1, 0.15) is 0 Å². The van der Waals surface area contributed by atoms with E-state index in [-0.39, 0.29) is 12.3 Å². The van der Waals surface area contributed by atoms with Crippen LogP contribution < -0.4 is 5.32 Å². The number of amides is 1. The van der Waals surface area contributed by atoms with Crippen molar-refractivity contribution in [1.29, 1.82) is 0 Å². The minimum Gasteiger partial charge on any atom is -0.481 e. The highest BCUT2D eigenvalue weighted by Gasteiger charge is 2.45. The highest BCUT2D eigenvalue weighted by Crippen LogP contribution is 2.44. The zero-order chi connectivity index (χ0) is 15.1. The summed E-state index contributed by atoms with van der Waals surface area (Å²) in [6.45, 7) is 1.00. The standard InChI is InChI=1S/C16H27NO4/c18-14(12-16(15(19)20)8-5-9-16)17-10-11-21-13-6-3-1-2-4-7-13/h13H,1-12H2,(H,17,18)(H,19,20). The van der Waals surface area contributed by atoms with Crippen LogP contribution in [0.25, 0.3) is 0 Å². The van der Waals surface area contributed by atoms with Crippen LogP contribution >= 0.6 is 0 Å². The third-order valence-electron chi connectivity index (χ3n) is 4.84. The summed E-state index contributed by atoms with van der Waals surface area (Å²) in [6, 6.07) is 0. The Hall–Kier alpha value is -1.10. The van der Waals surface area contributed by atoms with E-state index in [4.69, 9.17) is 4.74 Å². The van der Waals surface area contributed by atoms with E-state index in [2.05, 4.69) is 5.32 Å². The van der Waals surface area contributed by atoms with E-state index in [1.165, 1.54) is 25.7 Å². The first kappa shape index (κ1) is 16.3. The SMILES string of the molecule is O=C(CC1(C(=O)O)CCC1)NCCOC1CCCCCC1. The second kappa shape index (κ2) is 7.78. The van der Waals surface area contributed by atoms with Crippen molar-refractivity contribution in [3.8, 4) is 0 Å². The maximum Gasteiger partial charge on any atom is 0.310 e. The topological polar surface area (TPSA) is 75.6 Å². The molecule has 21 heavy (non-hydrogen) atoms. The van der Waals surface area contributed by atoms with Gasteiger partial charge in [-0.3, -0.25) is 9.59 Å². The van der Waals surface area contributed by atoms with Gasteiger partial charge in [-0.15, -0.1) is 0 Å². The number of hydrogen-bond donors (Lipinski definition) is 2. The fourth-order valence-corrected chi connectivity index (χ4v) is 3.26. The zero-order valence-corrected chi connectivity index (χ0v) is 12.7. The van der Waals surface area contributed by atoms with Crippen LogP contribution in [0.1, 0.15) is 64.2 Å². The Morgan fingerprint density at radius 1 is 1.10 bits per heavy atom. The molecule has 0 atom stereocenters. The predicted octanol–water partition coefficient (Wildman–Crippen LogP) is 2.49. The van der Waals surface area contributed by atoms with Gasteiger partial charge in [0.15, 0.2) is 0 Å². The van der Waals surface area contributed by atoms with Gasteiger partial charge in [-0.1, -0.05) is 32.1 Å². The lowest BCUT2D eigenvalue weighted by molar-refractivity contribution is -0.157. The summed E-state index contributed by atoms with van der Waals surface area (Å²) in [4.78, 5) is 23.0. The van der Waals surface area contributed by atoms with Gasteiger partial charge in [-0.2, -0.15) is 0 Å². The molecule has 120 valence electrons. The molecule has 2 aliphatic rings. The maximum absolute atomic E-state index is 11.8. The van der Waals surface area contributed by atoms with Crippen LogP contribution in [0.2, 0.25) is 0 Å². The van der Waals surface area contributed by atoms with Gasteiger partial charge in [0, 0.05) is 13.0 Å². The van der Waals surface area contributed by atoms with Crippen molar-refractivity contribution in [3.63, 3.8) is 0 Å². The molecule has 0 spiro atoms. The molecule has 2 N–H and O–H groups in total. The van der Waals surface area contributed by atoms with E-state index in [9.17, 15) is 14.7 Å². The van der Waals surface area contributed by atoms with Gasteiger partial charge in [-0.25, -0.2) is 0 Å². The van der Waals surface area contributed by atoms with Crippen LogP contribution in [0.4, 0.5) is 0 Å². The minimum absolute atomic E-state index is 0.103. The molecule has 0 aromatic heterocycles. The van der Waals surface area contributed by atoms with Gasteiger partial charge >= 0.3 is 5.97 Å². The monoisotopic (exact) mass is 297 g/mol. The average molecular weight is 297 g/mol. The Morgan fingerprint density at radius 3 is 2.29 bits per heavy atom. The molecule has 2 fully saturated rings. The van der Waals surface area contributed by atoms with Crippen LogP contribution in [0, 0.1) is 5.41 Å². The largest absolute Gasteiger partial charge is 0.481 e. The number of rotatable bonds is 7. The fourth-order valence-electron chi connectivity index (χ4n) is 3.26. The lowest BCUT2D eigenvalue weighted by Gasteiger charge is -2.36. The molecule has 0 aromatic rings. The number of aliphatic carboxylic acids is 1. The van der Waals surface area contributed by atoms with Gasteiger partial charge in [0.2, 0.25) is 5.91 Å². The molecule has 0 aliphatic heterocycles. The summed E-state index contributed by atoms with van der Waals surface area (Å²) in [6.07, 6.45) is 9.89. The zero-order valence-electron chi connectivity index (χ0n) is 12.7. The fraction of sp³-hybridized carbons (Fsp3) is 0.875. The summed E-state index contributed by atoms with van der Waals surface area (Å²) < 4.78 is 5.80. The lowest BCUT2D eigenvalue weighted by Crippen LogP contribution is -2.43. The lowest BCUT2D eigenvalue weighted by atomic mass is 9.66. The van der Waals surface area contributed by atoms with Gasteiger partial charge in [0.05, 0.1) is 18.1 Å². The van der Waals surface area contributed by atoms with E-state index < -0.39 is 11.4 Å². The quantitative estimate of drug-likeness (QED) is 0.559. The Labute approximate surface area is 126 Å². The van der Waals surface area contributed by atoms with Crippen molar-refractivity contribution in [1.82, 2.24) is 5.32 Å². The first-order valence-corrected chi connectivity index (χ1v) is 8.24. The normalized spacial score (nSPS) is 22.1. The summed E-state index contributed by atoms with van der Waals surface area (Å²) in [7, 11) is 0. The third kappa shape index (κ3) is 4.70. The number of nitrogens with one attached hydrogen (secondary N) is 1. The molecule has 0 radical (unpaired) electrons. The minimum atomic E-state index is -0.835. The molecule has 0 unspecified atom stereocenters. The van der Waals surface area contributed by atoms with Gasteiger partial charge < -0.3 is 15.2 Å². The van der Waals surface area contributed by atoms with Crippen LogP contribution in [-0.2, 0) is 14.3 Å². The molecule has 0 saturated heterocycles. The number of ether oxygens (including phenoxy) is 1. The number of carboxylic acid groups (broad SMARTS) is 1. The molecule has 5 heteroatoms. The molecule has 2 rings (SSSR count). The predicted molar refractivity (Wildman–Crippen MR) is 79.0 cm³/mol. The highest BCUT2D eigenvalue weighted by molar-refractivity contribution is 5.85. The van der Waals surface area contributed by atoms with Crippen LogP contribution in [0.5, 0.6) is 0 Å². The van der Waals surface area contributed by atoms with E-state index in [0.29, 0.717) is 32.1 Å². The summed E-state index contributed by atoms with van der Waals surface area (Å²) in [5.41, 5.74) is -0.799. The Morgan fingerprint density at radius 2 is 1.76 bits per heavy atom. The molecule has 0 heterocycles. The Balaban J connectivity index is 1.59. The van der Waals surface area contributed by atoms with E-state index >= 15 is 0 Å². The summed E-state index contributed by atoms with van der Waals surface area (Å²) in [5, 5.41) is 12.0. The second-order valence-corrected chi connectivity index (χ2v) is 6.45. The van der Waals surface area contributed by atoms with Crippen LogP contribution in [-0.4, -0.2) is 36.2 Å². The Kier molecular flexibility index (Phi) is 6.03. The van der Waals surface area contributed by atoms with Crippen LogP contribution in [0.3, 0.4) is 0 Å².